The number of rotatable bonds is 40. The van der Waals surface area contributed by atoms with Gasteiger partial charge in [-0.05, 0) is 38.2 Å². The summed E-state index contributed by atoms with van der Waals surface area (Å²) in [4.78, 5) is 54.8. The van der Waals surface area contributed by atoms with Gasteiger partial charge in [0.2, 0.25) is 0 Å². The number of esters is 2. The van der Waals surface area contributed by atoms with Crippen molar-refractivity contribution in [1.29, 1.82) is 0 Å². The summed E-state index contributed by atoms with van der Waals surface area (Å²) in [6.45, 7) is 3.55. The van der Waals surface area contributed by atoms with Crippen LogP contribution in [0.15, 0.2) is 24.3 Å². The highest BCUT2D eigenvalue weighted by molar-refractivity contribution is 7.46. The molecule has 0 saturated carbocycles. The Kier molecular flexibility index (Phi) is 37.2. The number of unbranched alkanes of at least 4 members (excludes halogenated alkanes) is 25. The average molecular weight is 771 g/mol. The van der Waals surface area contributed by atoms with Gasteiger partial charge in [0, 0.05) is 19.3 Å². The standard InChI is InChI=1S/C43H79O9P/c1-3-5-7-9-11-12-13-14-15-16-17-18-19-20-21-22-24-28-33-37-43(46)52-41(39-51-53(47,48)49)38-50-42(45)36-32-29-25-27-31-35-40(44)34-30-26-23-10-8-6-4-2/h23,26,30,34,41H,3-22,24-25,27-29,31-33,35-39H2,1-2H3,(H2,47,48,49)/b26-23-,34-30+/t41-/m1/s1. The third kappa shape index (κ3) is 41.2. The molecule has 1 atom stereocenters. The van der Waals surface area contributed by atoms with Crippen molar-refractivity contribution in [2.75, 3.05) is 13.2 Å². The van der Waals surface area contributed by atoms with Crippen LogP contribution in [0.2, 0.25) is 0 Å². The van der Waals surface area contributed by atoms with Gasteiger partial charge in [0.25, 0.3) is 0 Å². The molecule has 2 N–H and O–H groups in total. The maximum absolute atomic E-state index is 12.4. The first-order valence-corrected chi connectivity index (χ1v) is 23.1. The second-order valence-electron chi connectivity index (χ2n) is 14.7. The van der Waals surface area contributed by atoms with E-state index in [1.54, 1.807) is 6.08 Å². The van der Waals surface area contributed by atoms with Crippen molar-refractivity contribution in [1.82, 2.24) is 0 Å². The number of phosphoric ester groups is 1. The zero-order valence-corrected chi connectivity index (χ0v) is 34.8. The zero-order chi connectivity index (χ0) is 39.1. The van der Waals surface area contributed by atoms with Crippen molar-refractivity contribution >= 4 is 25.5 Å². The van der Waals surface area contributed by atoms with Crippen LogP contribution < -0.4 is 0 Å². The Morgan fingerprint density at radius 1 is 0.528 bits per heavy atom. The van der Waals surface area contributed by atoms with Crippen LogP contribution in [0.4, 0.5) is 0 Å². The molecular formula is C43H79O9P. The molecule has 0 aromatic heterocycles. The number of allylic oxidation sites excluding steroid dienone is 4. The maximum Gasteiger partial charge on any atom is 0.469 e. The van der Waals surface area contributed by atoms with Crippen LogP contribution in [0.1, 0.15) is 213 Å². The van der Waals surface area contributed by atoms with Gasteiger partial charge < -0.3 is 19.3 Å². The Hall–Kier alpha value is -1.80. The molecule has 310 valence electrons. The minimum atomic E-state index is -4.78. The van der Waals surface area contributed by atoms with Crippen molar-refractivity contribution in [3.05, 3.63) is 24.3 Å². The summed E-state index contributed by atoms with van der Waals surface area (Å²) in [5.41, 5.74) is 0. The van der Waals surface area contributed by atoms with Gasteiger partial charge in [0.1, 0.15) is 6.61 Å². The summed E-state index contributed by atoms with van der Waals surface area (Å²) in [5.74, 6) is -0.848. The number of carbonyl (C=O) groups excluding carboxylic acids is 3. The Morgan fingerprint density at radius 3 is 1.42 bits per heavy atom. The summed E-state index contributed by atoms with van der Waals surface area (Å²) >= 11 is 0. The fourth-order valence-corrected chi connectivity index (χ4v) is 6.54. The molecule has 0 rings (SSSR count). The van der Waals surface area contributed by atoms with Crippen molar-refractivity contribution < 1.29 is 42.7 Å². The van der Waals surface area contributed by atoms with Crippen LogP contribution in [-0.4, -0.2) is 46.8 Å². The quantitative estimate of drug-likeness (QED) is 0.0205. The molecule has 0 radical (unpaired) electrons. The van der Waals surface area contributed by atoms with Gasteiger partial charge in [-0.25, -0.2) is 4.57 Å². The Labute approximate surface area is 324 Å². The van der Waals surface area contributed by atoms with Crippen LogP contribution in [-0.2, 0) is 32.9 Å². The van der Waals surface area contributed by atoms with E-state index in [1.807, 2.05) is 12.2 Å². The van der Waals surface area contributed by atoms with Crippen LogP contribution >= 0.6 is 7.82 Å². The lowest BCUT2D eigenvalue weighted by Gasteiger charge is -2.18. The minimum absolute atomic E-state index is 0.121. The van der Waals surface area contributed by atoms with Crippen molar-refractivity contribution in [3.63, 3.8) is 0 Å². The first-order valence-electron chi connectivity index (χ1n) is 21.6. The Balaban J connectivity index is 3.94. The molecule has 53 heavy (non-hydrogen) atoms. The molecule has 0 aromatic carbocycles. The SMILES string of the molecule is CCCCC/C=C\C=C\C(=O)CCCCCCCC(=O)OC[C@H](COP(=O)(O)O)OC(=O)CCCCCCCCCCCCCCCCCCCCC. The maximum atomic E-state index is 12.4. The Morgan fingerprint density at radius 2 is 0.943 bits per heavy atom. The van der Waals surface area contributed by atoms with Gasteiger partial charge in [-0.15, -0.1) is 0 Å². The van der Waals surface area contributed by atoms with E-state index < -0.39 is 32.5 Å². The second kappa shape index (κ2) is 38.5. The van der Waals surface area contributed by atoms with E-state index >= 15 is 0 Å². The second-order valence-corrected chi connectivity index (χ2v) is 16.0. The third-order valence-electron chi connectivity index (χ3n) is 9.45. The molecule has 0 bridgehead atoms. The molecule has 0 saturated heterocycles. The van der Waals surface area contributed by atoms with E-state index in [4.69, 9.17) is 19.3 Å². The van der Waals surface area contributed by atoms with Crippen LogP contribution in [0.25, 0.3) is 0 Å². The number of phosphoric acid groups is 1. The lowest BCUT2D eigenvalue weighted by molar-refractivity contribution is -0.161. The zero-order valence-electron chi connectivity index (χ0n) is 33.9. The number of hydrogen-bond donors (Lipinski definition) is 2. The largest absolute Gasteiger partial charge is 0.469 e. The van der Waals surface area contributed by atoms with E-state index in [9.17, 15) is 18.9 Å². The Bertz CT molecular complexity index is 975. The van der Waals surface area contributed by atoms with Gasteiger partial charge in [-0.3, -0.25) is 18.9 Å². The van der Waals surface area contributed by atoms with Crippen LogP contribution in [0, 0.1) is 0 Å². The molecule has 0 aliphatic heterocycles. The molecule has 0 unspecified atom stereocenters. The van der Waals surface area contributed by atoms with Crippen molar-refractivity contribution in [3.8, 4) is 0 Å². The van der Waals surface area contributed by atoms with Crippen LogP contribution in [0.5, 0.6) is 0 Å². The summed E-state index contributed by atoms with van der Waals surface area (Å²) in [5, 5.41) is 0. The molecule has 0 fully saturated rings. The number of ether oxygens (including phenoxy) is 2. The van der Waals surface area contributed by atoms with Crippen LogP contribution in [0.3, 0.4) is 0 Å². The van der Waals surface area contributed by atoms with Crippen molar-refractivity contribution in [2.24, 2.45) is 0 Å². The number of ketones is 1. The molecule has 10 heteroatoms. The van der Waals surface area contributed by atoms with E-state index in [0.29, 0.717) is 19.3 Å². The minimum Gasteiger partial charge on any atom is -0.462 e. The predicted octanol–water partition coefficient (Wildman–Crippen LogP) is 12.4. The predicted molar refractivity (Wildman–Crippen MR) is 217 cm³/mol. The number of hydrogen-bond acceptors (Lipinski definition) is 7. The molecule has 0 aliphatic rings. The van der Waals surface area contributed by atoms with Gasteiger partial charge in [0.05, 0.1) is 6.61 Å². The summed E-state index contributed by atoms with van der Waals surface area (Å²) in [6.07, 6.45) is 40.1. The highest BCUT2D eigenvalue weighted by Gasteiger charge is 2.23. The van der Waals surface area contributed by atoms with E-state index in [1.165, 1.54) is 116 Å². The van der Waals surface area contributed by atoms with Crippen molar-refractivity contribution in [2.45, 2.75) is 219 Å². The van der Waals surface area contributed by atoms with Gasteiger partial charge in [0.15, 0.2) is 11.9 Å². The summed E-state index contributed by atoms with van der Waals surface area (Å²) in [6, 6.07) is 0. The molecule has 0 heterocycles. The first-order chi connectivity index (χ1) is 25.7. The third-order valence-corrected chi connectivity index (χ3v) is 9.93. The average Bonchev–Trinajstić information content (AvgIpc) is 3.12. The molecular weight excluding hydrogens is 691 g/mol. The molecule has 0 aliphatic carbocycles. The smallest absolute Gasteiger partial charge is 0.462 e. The lowest BCUT2D eigenvalue weighted by Crippen LogP contribution is -2.29. The van der Waals surface area contributed by atoms with E-state index in [2.05, 4.69) is 24.4 Å². The monoisotopic (exact) mass is 771 g/mol. The van der Waals surface area contributed by atoms with E-state index in [-0.39, 0.29) is 25.2 Å². The van der Waals surface area contributed by atoms with Gasteiger partial charge in [-0.2, -0.15) is 0 Å². The molecule has 0 aromatic rings. The number of carbonyl (C=O) groups is 3. The topological polar surface area (TPSA) is 136 Å². The molecule has 0 spiro atoms. The highest BCUT2D eigenvalue weighted by Crippen LogP contribution is 2.36. The fraction of sp³-hybridized carbons (Fsp3) is 0.837. The fourth-order valence-electron chi connectivity index (χ4n) is 6.18. The molecule has 0 amide bonds. The molecule has 9 nitrogen and oxygen atoms in total. The summed E-state index contributed by atoms with van der Waals surface area (Å²) < 4.78 is 26.3. The highest BCUT2D eigenvalue weighted by atomic mass is 31.2. The first kappa shape index (κ1) is 51.2. The van der Waals surface area contributed by atoms with E-state index in [0.717, 1.165) is 51.4 Å². The normalized spacial score (nSPS) is 12.5. The van der Waals surface area contributed by atoms with Gasteiger partial charge in [-0.1, -0.05) is 180 Å². The van der Waals surface area contributed by atoms with Gasteiger partial charge >= 0.3 is 19.8 Å². The lowest BCUT2D eigenvalue weighted by atomic mass is 10.0. The summed E-state index contributed by atoms with van der Waals surface area (Å²) in [7, 11) is -4.78.